The van der Waals surface area contributed by atoms with Crippen LogP contribution in [-0.2, 0) is 16.9 Å². The second-order valence-electron chi connectivity index (χ2n) is 8.84. The van der Waals surface area contributed by atoms with E-state index < -0.39 is 23.5 Å². The molecule has 0 spiro atoms. The maximum atomic E-state index is 14.9. The number of nitrogens with one attached hydrogen (secondary N) is 2. The molecule has 1 aliphatic carbocycles. The largest absolute Gasteiger partial charge is 0.386 e. The lowest BCUT2D eigenvalue weighted by Gasteiger charge is -2.18. The summed E-state index contributed by atoms with van der Waals surface area (Å²) in [7, 11) is 0. The van der Waals surface area contributed by atoms with Crippen molar-refractivity contribution in [3.63, 3.8) is 0 Å². The number of pyridine rings is 1. The maximum Gasteiger partial charge on any atom is 0.157 e. The predicted octanol–water partition coefficient (Wildman–Crippen LogP) is 4.35. The molecule has 4 rings (SSSR count). The third kappa shape index (κ3) is 5.73. The van der Waals surface area contributed by atoms with E-state index in [1.165, 1.54) is 19.9 Å². The second kappa shape index (κ2) is 9.82. The van der Waals surface area contributed by atoms with Crippen LogP contribution >= 0.6 is 11.3 Å². The van der Waals surface area contributed by atoms with E-state index in [4.69, 9.17) is 5.73 Å². The molecule has 0 saturated carbocycles. The fraction of sp³-hybridized carbons (Fsp3) is 0.280. The molecule has 0 saturated heterocycles. The first kappa shape index (κ1) is 24.9. The van der Waals surface area contributed by atoms with Crippen molar-refractivity contribution >= 4 is 27.9 Å². The number of carbonyl (C=O) groups is 1. The molecular formula is C25H26F2N4O3S. The SMILES string of the molecule is CC(C)(O)c1cc(F)c(-c2cc(C(N)O)c(Nc3cccc(CNC4=CC(=O)CC4)n3)s2)c(F)c1. The molecule has 1 aromatic carbocycles. The van der Waals surface area contributed by atoms with Crippen molar-refractivity contribution in [2.75, 3.05) is 5.32 Å². The van der Waals surface area contributed by atoms with Gasteiger partial charge in [-0.25, -0.2) is 13.8 Å². The Balaban J connectivity index is 1.60. The summed E-state index contributed by atoms with van der Waals surface area (Å²) in [5, 5.41) is 26.8. The van der Waals surface area contributed by atoms with Gasteiger partial charge in [-0.2, -0.15) is 0 Å². The van der Waals surface area contributed by atoms with E-state index in [1.807, 2.05) is 6.07 Å². The average molecular weight is 501 g/mol. The van der Waals surface area contributed by atoms with Gasteiger partial charge >= 0.3 is 0 Å². The fourth-order valence-electron chi connectivity index (χ4n) is 3.71. The summed E-state index contributed by atoms with van der Waals surface area (Å²) in [5.74, 6) is -1.12. The first-order valence-electron chi connectivity index (χ1n) is 11.0. The predicted molar refractivity (Wildman–Crippen MR) is 131 cm³/mol. The number of aromatic nitrogens is 1. The van der Waals surface area contributed by atoms with Crippen LogP contribution in [0.4, 0.5) is 19.6 Å². The Morgan fingerprint density at radius 1 is 1.20 bits per heavy atom. The molecule has 2 heterocycles. The summed E-state index contributed by atoms with van der Waals surface area (Å²) in [6, 6.07) is 8.95. The number of thiophene rings is 1. The highest BCUT2D eigenvalue weighted by Gasteiger charge is 2.24. The molecule has 184 valence electrons. The molecule has 1 aliphatic rings. The minimum atomic E-state index is -1.41. The van der Waals surface area contributed by atoms with Crippen molar-refractivity contribution in [1.82, 2.24) is 10.3 Å². The van der Waals surface area contributed by atoms with Crippen LogP contribution in [0.2, 0.25) is 0 Å². The summed E-state index contributed by atoms with van der Waals surface area (Å²) >= 11 is 1.02. The number of rotatable bonds is 8. The minimum Gasteiger partial charge on any atom is -0.386 e. The van der Waals surface area contributed by atoms with Crippen LogP contribution < -0.4 is 16.4 Å². The Bertz CT molecular complexity index is 1280. The van der Waals surface area contributed by atoms with E-state index in [1.54, 1.807) is 18.2 Å². The second-order valence-corrected chi connectivity index (χ2v) is 9.89. The van der Waals surface area contributed by atoms with Crippen LogP contribution in [0.5, 0.6) is 0 Å². The molecule has 3 aromatic rings. The van der Waals surface area contributed by atoms with Gasteiger partial charge in [0.15, 0.2) is 5.78 Å². The van der Waals surface area contributed by atoms with Crippen LogP contribution in [0.15, 0.2) is 48.2 Å². The van der Waals surface area contributed by atoms with Gasteiger partial charge in [-0.1, -0.05) is 6.07 Å². The topological polar surface area (TPSA) is 121 Å². The Morgan fingerprint density at radius 3 is 2.51 bits per heavy atom. The van der Waals surface area contributed by atoms with Crippen molar-refractivity contribution in [3.05, 3.63) is 76.6 Å². The number of allylic oxidation sites excluding steroid dienone is 2. The number of aliphatic hydroxyl groups is 2. The molecule has 0 radical (unpaired) electrons. The number of hydrogen-bond donors (Lipinski definition) is 5. The third-order valence-electron chi connectivity index (χ3n) is 5.60. The zero-order chi connectivity index (χ0) is 25.3. The van der Waals surface area contributed by atoms with Crippen LogP contribution in [-0.4, -0.2) is 21.0 Å². The zero-order valence-electron chi connectivity index (χ0n) is 19.2. The van der Waals surface area contributed by atoms with Crippen LogP contribution in [0.25, 0.3) is 10.4 Å². The standard InChI is InChI=1S/C25H26F2N4O3S/c1-25(2,34)13-8-18(26)22(19(27)9-13)20-11-17(23(28)33)24(35-20)31-21-5-3-4-15(30-21)12-29-14-6-7-16(32)10-14/h3-5,8-11,23,29,33-34H,6-7,12,28H2,1-2H3,(H,30,31). The molecule has 7 nitrogen and oxygen atoms in total. The van der Waals surface area contributed by atoms with Crippen molar-refractivity contribution in [2.45, 2.75) is 45.1 Å². The van der Waals surface area contributed by atoms with Gasteiger partial charge in [0.2, 0.25) is 0 Å². The number of anilines is 2. The van der Waals surface area contributed by atoms with Gasteiger partial charge in [-0.3, -0.25) is 4.79 Å². The van der Waals surface area contributed by atoms with Gasteiger partial charge in [0.05, 0.1) is 23.4 Å². The van der Waals surface area contributed by atoms with Crippen molar-refractivity contribution in [2.24, 2.45) is 5.73 Å². The smallest absolute Gasteiger partial charge is 0.157 e. The van der Waals surface area contributed by atoms with E-state index >= 15 is 0 Å². The molecule has 0 bridgehead atoms. The molecular weight excluding hydrogens is 474 g/mol. The van der Waals surface area contributed by atoms with Crippen LogP contribution in [0.1, 0.15) is 49.7 Å². The van der Waals surface area contributed by atoms with E-state index in [9.17, 15) is 23.8 Å². The highest BCUT2D eigenvalue weighted by Crippen LogP contribution is 2.41. The lowest BCUT2D eigenvalue weighted by molar-refractivity contribution is -0.114. The quantitative estimate of drug-likeness (QED) is 0.292. The number of nitrogens with two attached hydrogens (primary N) is 1. The van der Waals surface area contributed by atoms with E-state index in [2.05, 4.69) is 15.6 Å². The summed E-state index contributed by atoms with van der Waals surface area (Å²) < 4.78 is 29.8. The summed E-state index contributed by atoms with van der Waals surface area (Å²) in [4.78, 5) is 16.1. The first-order chi connectivity index (χ1) is 16.5. The average Bonchev–Trinajstić information content (AvgIpc) is 3.37. The third-order valence-corrected chi connectivity index (χ3v) is 6.68. The van der Waals surface area contributed by atoms with Crippen molar-refractivity contribution in [1.29, 1.82) is 0 Å². The van der Waals surface area contributed by atoms with Crippen molar-refractivity contribution in [3.8, 4) is 10.4 Å². The van der Waals surface area contributed by atoms with E-state index in [-0.39, 0.29) is 27.4 Å². The molecule has 35 heavy (non-hydrogen) atoms. The zero-order valence-corrected chi connectivity index (χ0v) is 20.0. The minimum absolute atomic E-state index is 0.0971. The normalized spacial score (nSPS) is 14.7. The highest BCUT2D eigenvalue weighted by molar-refractivity contribution is 7.19. The van der Waals surface area contributed by atoms with Gasteiger partial charge in [0.25, 0.3) is 0 Å². The first-order valence-corrected chi connectivity index (χ1v) is 11.8. The van der Waals surface area contributed by atoms with Crippen LogP contribution in [0, 0.1) is 11.6 Å². The molecule has 1 atom stereocenters. The molecule has 0 fully saturated rings. The Hall–Kier alpha value is -3.18. The number of benzene rings is 1. The summed E-state index contributed by atoms with van der Waals surface area (Å²) in [6.45, 7) is 3.30. The highest BCUT2D eigenvalue weighted by atomic mass is 32.1. The van der Waals surface area contributed by atoms with Crippen LogP contribution in [0.3, 0.4) is 0 Å². The Labute approximate surface area is 205 Å². The number of carbonyl (C=O) groups excluding carboxylic acids is 1. The van der Waals surface area contributed by atoms with Gasteiger partial charge in [-0.05, 0) is 56.2 Å². The number of nitrogens with zero attached hydrogens (tertiary/aromatic N) is 1. The summed E-state index contributed by atoms with van der Waals surface area (Å²) in [6.07, 6.45) is 1.39. The molecule has 6 N–H and O–H groups in total. The van der Waals surface area contributed by atoms with Gasteiger partial charge in [-0.15, -0.1) is 11.3 Å². The van der Waals surface area contributed by atoms with Crippen molar-refractivity contribution < 1.29 is 23.8 Å². The Kier molecular flexibility index (Phi) is 7.00. The molecule has 2 aromatic heterocycles. The molecule has 0 aliphatic heterocycles. The number of hydrogen-bond acceptors (Lipinski definition) is 8. The van der Waals surface area contributed by atoms with E-state index in [0.717, 1.165) is 29.2 Å². The summed E-state index contributed by atoms with van der Waals surface area (Å²) in [5.41, 5.74) is 5.98. The molecule has 1 unspecified atom stereocenters. The lowest BCUT2D eigenvalue weighted by atomic mass is 9.96. The van der Waals surface area contributed by atoms with Gasteiger partial charge in [0, 0.05) is 28.6 Å². The molecule has 10 heteroatoms. The number of halogens is 2. The molecule has 0 amide bonds. The lowest BCUT2D eigenvalue weighted by Crippen LogP contribution is -2.16. The van der Waals surface area contributed by atoms with E-state index in [0.29, 0.717) is 35.9 Å². The van der Waals surface area contributed by atoms with Gasteiger partial charge < -0.3 is 26.6 Å². The fourth-order valence-corrected chi connectivity index (χ4v) is 4.87. The van der Waals surface area contributed by atoms with Gasteiger partial charge in [0.1, 0.15) is 28.7 Å². The monoisotopic (exact) mass is 500 g/mol. The maximum absolute atomic E-state index is 14.9. The Morgan fingerprint density at radius 2 is 1.91 bits per heavy atom. The number of ketones is 1. The number of aliphatic hydroxyl groups excluding tert-OH is 1.